The van der Waals surface area contributed by atoms with Gasteiger partial charge in [0.05, 0.1) is 23.1 Å². The molecule has 2 saturated heterocycles. The van der Waals surface area contributed by atoms with Gasteiger partial charge in [-0.1, -0.05) is 5.16 Å². The summed E-state index contributed by atoms with van der Waals surface area (Å²) in [6, 6.07) is 1.89. The number of anilines is 1. The van der Waals surface area contributed by atoms with Gasteiger partial charge in [0.15, 0.2) is 5.76 Å². The fourth-order valence-corrected chi connectivity index (χ4v) is 3.39. The Morgan fingerprint density at radius 3 is 2.92 bits per heavy atom. The molecule has 0 radical (unpaired) electrons. The maximum atomic E-state index is 9.91. The molecule has 0 saturated carbocycles. The lowest BCUT2D eigenvalue weighted by Crippen LogP contribution is -2.39. The van der Waals surface area contributed by atoms with Crippen molar-refractivity contribution in [2.75, 3.05) is 24.6 Å². The average Bonchev–Trinajstić information content (AvgIpc) is 3.26. The minimum atomic E-state index is -0.315. The molecular weight excluding hydrogens is 308 g/mol. The molecule has 2 atom stereocenters. The van der Waals surface area contributed by atoms with E-state index < -0.39 is 0 Å². The molecule has 4 heterocycles. The van der Waals surface area contributed by atoms with Crippen LogP contribution in [0.4, 0.5) is 5.95 Å². The van der Waals surface area contributed by atoms with Gasteiger partial charge in [0.2, 0.25) is 5.95 Å². The van der Waals surface area contributed by atoms with Crippen LogP contribution in [-0.4, -0.2) is 46.0 Å². The highest BCUT2D eigenvalue weighted by Crippen LogP contribution is 2.35. The van der Waals surface area contributed by atoms with Crippen molar-refractivity contribution in [3.05, 3.63) is 23.7 Å². The second kappa shape index (κ2) is 6.49. The van der Waals surface area contributed by atoms with E-state index in [2.05, 4.69) is 10.1 Å². The van der Waals surface area contributed by atoms with Crippen LogP contribution in [0.1, 0.15) is 43.2 Å². The van der Waals surface area contributed by atoms with E-state index in [0.29, 0.717) is 18.3 Å². The number of β-amino-alcohol motifs (C(OH)–C–C–N with tert-alkyl or cyclic N) is 1. The molecule has 7 heteroatoms. The Balaban J connectivity index is 1.71. The number of aliphatic hydroxyl groups excluding tert-OH is 1. The van der Waals surface area contributed by atoms with Crippen molar-refractivity contribution in [2.24, 2.45) is 0 Å². The number of aliphatic hydroxyl groups is 1. The second-order valence-electron chi connectivity index (χ2n) is 6.55. The molecule has 4 rings (SSSR count). The van der Waals surface area contributed by atoms with Crippen LogP contribution in [0.3, 0.4) is 0 Å². The summed E-state index contributed by atoms with van der Waals surface area (Å²) in [6.45, 7) is 4.08. The van der Waals surface area contributed by atoms with Crippen molar-refractivity contribution in [3.63, 3.8) is 0 Å². The van der Waals surface area contributed by atoms with E-state index in [0.717, 1.165) is 55.8 Å². The van der Waals surface area contributed by atoms with Crippen molar-refractivity contribution < 1.29 is 14.4 Å². The minimum absolute atomic E-state index is 0.0399. The van der Waals surface area contributed by atoms with Gasteiger partial charge in [-0.2, -0.15) is 0 Å². The number of piperidine rings is 1. The zero-order chi connectivity index (χ0) is 16.5. The molecule has 0 aromatic carbocycles. The summed E-state index contributed by atoms with van der Waals surface area (Å²) in [5.41, 5.74) is 2.52. The molecule has 128 valence electrons. The molecule has 0 amide bonds. The predicted molar refractivity (Wildman–Crippen MR) is 87.6 cm³/mol. The Labute approximate surface area is 140 Å². The first-order valence-corrected chi connectivity index (χ1v) is 8.56. The Hall–Kier alpha value is -1.99. The molecule has 0 spiro atoms. The van der Waals surface area contributed by atoms with Crippen LogP contribution in [0.25, 0.3) is 11.3 Å². The fraction of sp³-hybridized carbons (Fsp3) is 0.588. The van der Waals surface area contributed by atoms with Gasteiger partial charge in [0.25, 0.3) is 0 Å². The molecule has 1 N–H and O–H groups in total. The summed E-state index contributed by atoms with van der Waals surface area (Å²) in [5, 5.41) is 13.9. The van der Waals surface area contributed by atoms with Crippen molar-refractivity contribution in [1.29, 1.82) is 0 Å². The molecule has 1 unspecified atom stereocenters. The number of hydrogen-bond donors (Lipinski definition) is 1. The third-order valence-electron chi connectivity index (χ3n) is 4.61. The molecule has 2 fully saturated rings. The topological polar surface area (TPSA) is 84.5 Å². The average molecular weight is 330 g/mol. The smallest absolute Gasteiger partial charge is 0.225 e. The van der Waals surface area contributed by atoms with Crippen molar-refractivity contribution in [1.82, 2.24) is 15.1 Å². The fourth-order valence-electron chi connectivity index (χ4n) is 3.39. The van der Waals surface area contributed by atoms with Gasteiger partial charge in [-0.3, -0.25) is 0 Å². The Morgan fingerprint density at radius 2 is 2.21 bits per heavy atom. The largest absolute Gasteiger partial charge is 0.391 e. The number of nitrogens with zero attached hydrogens (tertiary/aromatic N) is 4. The van der Waals surface area contributed by atoms with Gasteiger partial charge in [-0.05, 0) is 32.6 Å². The van der Waals surface area contributed by atoms with Gasteiger partial charge >= 0.3 is 0 Å². The first-order chi connectivity index (χ1) is 11.7. The van der Waals surface area contributed by atoms with Gasteiger partial charge in [-0.25, -0.2) is 9.97 Å². The quantitative estimate of drug-likeness (QED) is 0.924. The zero-order valence-corrected chi connectivity index (χ0v) is 13.8. The molecule has 2 aromatic heterocycles. The van der Waals surface area contributed by atoms with Crippen molar-refractivity contribution >= 4 is 5.95 Å². The van der Waals surface area contributed by atoms with E-state index in [1.165, 1.54) is 0 Å². The number of aromatic nitrogens is 3. The van der Waals surface area contributed by atoms with Crippen LogP contribution < -0.4 is 4.90 Å². The van der Waals surface area contributed by atoms with Gasteiger partial charge < -0.3 is 19.3 Å². The van der Waals surface area contributed by atoms with Crippen LogP contribution in [-0.2, 0) is 4.74 Å². The molecule has 7 nitrogen and oxygen atoms in total. The lowest BCUT2D eigenvalue weighted by atomic mass is 10.1. The minimum Gasteiger partial charge on any atom is -0.391 e. The number of rotatable bonds is 3. The Bertz CT molecular complexity index is 712. The van der Waals surface area contributed by atoms with Crippen LogP contribution in [0, 0.1) is 6.92 Å². The Morgan fingerprint density at radius 1 is 1.29 bits per heavy atom. The first kappa shape index (κ1) is 15.5. The Kier molecular flexibility index (Phi) is 4.20. The van der Waals surface area contributed by atoms with Gasteiger partial charge in [-0.15, -0.1) is 0 Å². The van der Waals surface area contributed by atoms with Gasteiger partial charge in [0.1, 0.15) is 6.10 Å². The molecule has 2 aromatic rings. The standard InChI is InChI=1S/C17H22N4O3/c1-11-8-15(24-20-11)13-9-18-17(21-6-2-4-12(22)10-21)19-16(13)14-5-3-7-23-14/h8-9,12,14,22H,2-7,10H2,1H3/t12?,14-/m0/s1. The second-order valence-corrected chi connectivity index (χ2v) is 6.55. The monoisotopic (exact) mass is 330 g/mol. The number of aryl methyl sites for hydroxylation is 1. The van der Waals surface area contributed by atoms with E-state index in [1.807, 2.05) is 17.9 Å². The predicted octanol–water partition coefficient (Wildman–Crippen LogP) is 2.25. The maximum absolute atomic E-state index is 9.91. The van der Waals surface area contributed by atoms with E-state index in [-0.39, 0.29) is 12.2 Å². The zero-order valence-electron chi connectivity index (χ0n) is 13.8. The normalized spacial score (nSPS) is 24.5. The van der Waals surface area contributed by atoms with Crippen LogP contribution in [0.2, 0.25) is 0 Å². The van der Waals surface area contributed by atoms with E-state index in [1.54, 1.807) is 6.20 Å². The highest BCUT2D eigenvalue weighted by atomic mass is 16.5. The van der Waals surface area contributed by atoms with Crippen molar-refractivity contribution in [3.8, 4) is 11.3 Å². The highest BCUT2D eigenvalue weighted by Gasteiger charge is 2.27. The third kappa shape index (κ3) is 3.01. The van der Waals surface area contributed by atoms with E-state index in [4.69, 9.17) is 14.2 Å². The van der Waals surface area contributed by atoms with Crippen LogP contribution in [0.15, 0.2) is 16.8 Å². The van der Waals surface area contributed by atoms with Crippen LogP contribution in [0.5, 0.6) is 0 Å². The molecule has 24 heavy (non-hydrogen) atoms. The van der Waals surface area contributed by atoms with E-state index >= 15 is 0 Å². The number of hydrogen-bond acceptors (Lipinski definition) is 7. The third-order valence-corrected chi connectivity index (χ3v) is 4.61. The molecule has 0 bridgehead atoms. The number of ether oxygens (including phenoxy) is 1. The summed E-state index contributed by atoms with van der Waals surface area (Å²) >= 11 is 0. The summed E-state index contributed by atoms with van der Waals surface area (Å²) in [7, 11) is 0. The summed E-state index contributed by atoms with van der Waals surface area (Å²) in [4.78, 5) is 11.3. The molecule has 2 aliphatic rings. The summed E-state index contributed by atoms with van der Waals surface area (Å²) in [5.74, 6) is 1.32. The summed E-state index contributed by atoms with van der Waals surface area (Å²) in [6.07, 6.45) is 5.20. The van der Waals surface area contributed by atoms with Crippen molar-refractivity contribution in [2.45, 2.75) is 44.8 Å². The first-order valence-electron chi connectivity index (χ1n) is 8.56. The lowest BCUT2D eigenvalue weighted by Gasteiger charge is -2.30. The summed E-state index contributed by atoms with van der Waals surface area (Å²) < 4.78 is 11.3. The lowest BCUT2D eigenvalue weighted by molar-refractivity contribution is 0.109. The van der Waals surface area contributed by atoms with Crippen LogP contribution >= 0.6 is 0 Å². The molecular formula is C17H22N4O3. The van der Waals surface area contributed by atoms with Gasteiger partial charge in [0, 0.05) is 32.0 Å². The molecule has 0 aliphatic carbocycles. The highest BCUT2D eigenvalue weighted by molar-refractivity contribution is 5.61. The van der Waals surface area contributed by atoms with E-state index in [9.17, 15) is 5.11 Å². The maximum Gasteiger partial charge on any atom is 0.225 e. The molecule has 2 aliphatic heterocycles. The SMILES string of the molecule is Cc1cc(-c2cnc(N3CCCC(O)C3)nc2[C@@H]2CCCO2)on1.